The molecule has 2 rings (SSSR count). The Morgan fingerprint density at radius 3 is 2.67 bits per heavy atom. The predicted molar refractivity (Wildman–Crippen MR) is 57.7 cm³/mol. The van der Waals surface area contributed by atoms with Crippen LogP contribution in [0.3, 0.4) is 0 Å². The maximum Gasteiger partial charge on any atom is 0.331 e. The molecule has 0 aliphatic carbocycles. The van der Waals surface area contributed by atoms with Crippen molar-refractivity contribution in [3.05, 3.63) is 31.8 Å². The summed E-state index contributed by atoms with van der Waals surface area (Å²) < 4.78 is 9.57. The molecule has 0 saturated carbocycles. The van der Waals surface area contributed by atoms with Gasteiger partial charge in [0, 0.05) is 25.0 Å². The first-order chi connectivity index (χ1) is 7.45. The van der Waals surface area contributed by atoms with Crippen LogP contribution in [0.25, 0.3) is 10.2 Å². The standard InChI is InChI=1S/C9H8N2O3S/c1-10-6-5(3-12)4-15-7(6)8(13)11(2)9(10)14/h3-4H,1-2H3/i3D. The number of aromatic nitrogens is 2. The van der Waals surface area contributed by atoms with Crippen LogP contribution in [0.4, 0.5) is 0 Å². The molecule has 5 nitrogen and oxygen atoms in total. The summed E-state index contributed by atoms with van der Waals surface area (Å²) in [6.07, 6.45) is -0.894. The van der Waals surface area contributed by atoms with E-state index in [4.69, 9.17) is 1.37 Å². The van der Waals surface area contributed by atoms with Crippen LogP contribution in [0.15, 0.2) is 15.0 Å². The molecule has 0 atom stereocenters. The molecule has 2 aromatic rings. The monoisotopic (exact) mass is 225 g/mol. The predicted octanol–water partition coefficient (Wildman–Crippen LogP) is 0.111. The molecule has 2 aromatic heterocycles. The van der Waals surface area contributed by atoms with Gasteiger partial charge in [-0.15, -0.1) is 11.3 Å². The highest BCUT2D eigenvalue weighted by Gasteiger charge is 2.13. The Kier molecular flexibility index (Phi) is 1.81. The number of aldehydes is 1. The normalized spacial score (nSPS) is 11.7. The third kappa shape index (κ3) is 1.18. The van der Waals surface area contributed by atoms with Gasteiger partial charge in [-0.05, 0) is 0 Å². The Labute approximate surface area is 89.6 Å². The van der Waals surface area contributed by atoms with Crippen molar-refractivity contribution in [3.8, 4) is 0 Å². The lowest BCUT2D eigenvalue weighted by Gasteiger charge is -2.03. The lowest BCUT2D eigenvalue weighted by molar-refractivity contribution is 0.112. The Balaban J connectivity index is 3.13. The summed E-state index contributed by atoms with van der Waals surface area (Å²) in [5.41, 5.74) is -0.593. The first-order valence-corrected chi connectivity index (χ1v) is 5.01. The van der Waals surface area contributed by atoms with Crippen molar-refractivity contribution in [3.63, 3.8) is 0 Å². The summed E-state index contributed by atoms with van der Waals surface area (Å²) in [6.45, 7) is 0. The zero-order valence-electron chi connectivity index (χ0n) is 9.10. The van der Waals surface area contributed by atoms with E-state index in [0.29, 0.717) is 4.70 Å². The minimum absolute atomic E-state index is 0.0947. The van der Waals surface area contributed by atoms with Crippen LogP contribution in [0.2, 0.25) is 0 Å². The molecule has 0 aromatic carbocycles. The largest absolute Gasteiger partial charge is 0.331 e. The molecule has 0 unspecified atom stereocenters. The number of hydrogen-bond donors (Lipinski definition) is 0. The molecule has 0 amide bonds. The van der Waals surface area contributed by atoms with E-state index < -0.39 is 17.5 Å². The minimum Gasteiger partial charge on any atom is -0.298 e. The van der Waals surface area contributed by atoms with Gasteiger partial charge < -0.3 is 0 Å². The van der Waals surface area contributed by atoms with E-state index in [9.17, 15) is 14.4 Å². The molecule has 0 fully saturated rings. The quantitative estimate of drug-likeness (QED) is 0.647. The fraction of sp³-hybridized carbons (Fsp3) is 0.222. The summed E-state index contributed by atoms with van der Waals surface area (Å²) in [4.78, 5) is 34.4. The van der Waals surface area contributed by atoms with Crippen molar-refractivity contribution in [2.24, 2.45) is 14.1 Å². The lowest BCUT2D eigenvalue weighted by Crippen LogP contribution is -2.36. The number of rotatable bonds is 1. The second-order valence-electron chi connectivity index (χ2n) is 3.13. The maximum absolute atomic E-state index is 11.7. The average molecular weight is 225 g/mol. The van der Waals surface area contributed by atoms with Gasteiger partial charge in [0.05, 0.1) is 5.52 Å². The summed E-state index contributed by atoms with van der Waals surface area (Å²) >= 11 is 1.07. The van der Waals surface area contributed by atoms with Gasteiger partial charge in [-0.2, -0.15) is 0 Å². The number of fused-ring (bicyclic) bond motifs is 1. The second-order valence-corrected chi connectivity index (χ2v) is 4.01. The minimum atomic E-state index is -0.894. The van der Waals surface area contributed by atoms with Crippen LogP contribution >= 0.6 is 11.3 Å². The first kappa shape index (κ1) is 8.60. The van der Waals surface area contributed by atoms with Crippen LogP contribution in [0.5, 0.6) is 0 Å². The highest BCUT2D eigenvalue weighted by atomic mass is 32.1. The van der Waals surface area contributed by atoms with E-state index in [2.05, 4.69) is 0 Å². The van der Waals surface area contributed by atoms with Gasteiger partial charge >= 0.3 is 5.69 Å². The molecule has 0 spiro atoms. The van der Waals surface area contributed by atoms with E-state index in [-0.39, 0.29) is 11.1 Å². The van der Waals surface area contributed by atoms with Crippen molar-refractivity contribution in [1.29, 1.82) is 0 Å². The number of carbonyl (C=O) groups is 1. The van der Waals surface area contributed by atoms with Crippen LogP contribution in [-0.4, -0.2) is 15.4 Å². The topological polar surface area (TPSA) is 61.1 Å². The average Bonchev–Trinajstić information content (AvgIpc) is 2.67. The summed E-state index contributed by atoms with van der Waals surface area (Å²) in [7, 11) is 2.86. The van der Waals surface area contributed by atoms with Crippen LogP contribution in [-0.2, 0) is 14.1 Å². The molecule has 78 valence electrons. The molecule has 0 aliphatic rings. The Morgan fingerprint density at radius 1 is 1.40 bits per heavy atom. The molecule has 15 heavy (non-hydrogen) atoms. The van der Waals surface area contributed by atoms with Crippen LogP contribution in [0, 0.1) is 0 Å². The molecule has 0 aliphatic heterocycles. The first-order valence-electron chi connectivity index (χ1n) is 4.63. The fourth-order valence-electron chi connectivity index (χ4n) is 1.47. The number of thiophene rings is 1. The van der Waals surface area contributed by atoms with Crippen molar-refractivity contribution >= 4 is 27.8 Å². The second kappa shape index (κ2) is 3.16. The fourth-order valence-corrected chi connectivity index (χ4v) is 2.46. The van der Waals surface area contributed by atoms with Gasteiger partial charge in [0.15, 0.2) is 6.26 Å². The summed E-state index contributed by atoms with van der Waals surface area (Å²) in [5, 5.41) is 1.43. The Morgan fingerprint density at radius 2 is 2.07 bits per heavy atom. The number of carbonyl (C=O) groups excluding carboxylic acids is 1. The van der Waals surface area contributed by atoms with Crippen molar-refractivity contribution in [2.75, 3.05) is 0 Å². The SMILES string of the molecule is [2H]C(=O)c1csc2c(=O)n(C)c(=O)n(C)c12. The third-order valence-corrected chi connectivity index (χ3v) is 3.24. The van der Waals surface area contributed by atoms with E-state index >= 15 is 0 Å². The Hall–Kier alpha value is -1.69. The zero-order chi connectivity index (χ0) is 12.0. The summed E-state index contributed by atoms with van der Waals surface area (Å²) in [6, 6.07) is 0. The van der Waals surface area contributed by atoms with Gasteiger partial charge in [-0.25, -0.2) is 4.79 Å². The van der Waals surface area contributed by atoms with E-state index in [1.807, 2.05) is 0 Å². The van der Waals surface area contributed by atoms with Crippen LogP contribution in [0.1, 0.15) is 11.7 Å². The van der Waals surface area contributed by atoms with Gasteiger partial charge in [0.2, 0.25) is 0 Å². The molecule has 0 radical (unpaired) electrons. The molecule has 0 saturated heterocycles. The van der Waals surface area contributed by atoms with Gasteiger partial charge in [0.25, 0.3) is 5.56 Å². The molecule has 0 bridgehead atoms. The maximum atomic E-state index is 11.7. The molecular weight excluding hydrogens is 216 g/mol. The highest BCUT2D eigenvalue weighted by Crippen LogP contribution is 2.19. The molecule has 6 heteroatoms. The Bertz CT molecular complexity index is 710. The van der Waals surface area contributed by atoms with Crippen molar-refractivity contribution in [1.82, 2.24) is 9.13 Å². The smallest absolute Gasteiger partial charge is 0.298 e. The lowest BCUT2D eigenvalue weighted by atomic mass is 10.3. The van der Waals surface area contributed by atoms with E-state index in [1.54, 1.807) is 0 Å². The third-order valence-electron chi connectivity index (χ3n) is 2.28. The van der Waals surface area contributed by atoms with E-state index in [0.717, 1.165) is 15.9 Å². The number of aryl methyl sites for hydroxylation is 1. The van der Waals surface area contributed by atoms with Gasteiger partial charge in [0.1, 0.15) is 6.07 Å². The van der Waals surface area contributed by atoms with Gasteiger partial charge in [-0.1, -0.05) is 0 Å². The highest BCUT2D eigenvalue weighted by molar-refractivity contribution is 7.17. The zero-order valence-corrected chi connectivity index (χ0v) is 8.92. The van der Waals surface area contributed by atoms with Crippen molar-refractivity contribution < 1.29 is 6.17 Å². The van der Waals surface area contributed by atoms with Gasteiger partial charge in [-0.3, -0.25) is 18.7 Å². The van der Waals surface area contributed by atoms with E-state index in [1.165, 1.54) is 24.0 Å². The molecule has 2 heterocycles. The molecule has 0 N–H and O–H groups in total. The van der Waals surface area contributed by atoms with Crippen molar-refractivity contribution in [2.45, 2.75) is 0 Å². The number of hydrogen-bond acceptors (Lipinski definition) is 4. The number of nitrogens with zero attached hydrogens (tertiary/aromatic N) is 2. The summed E-state index contributed by atoms with van der Waals surface area (Å²) in [5.74, 6) is 0. The molecular formula is C9H8N2O3S. The van der Waals surface area contributed by atoms with Crippen LogP contribution < -0.4 is 11.2 Å².